The highest BCUT2D eigenvalue weighted by molar-refractivity contribution is 7.89. The van der Waals surface area contributed by atoms with Crippen molar-refractivity contribution in [2.75, 3.05) is 46.2 Å². The molecule has 0 spiro atoms. The molecule has 0 aliphatic carbocycles. The first-order valence-corrected chi connectivity index (χ1v) is 14.4. The van der Waals surface area contributed by atoms with Crippen LogP contribution in [0.2, 0.25) is 5.02 Å². The monoisotopic (exact) mass is 572 g/mol. The van der Waals surface area contributed by atoms with Gasteiger partial charge in [-0.2, -0.15) is 4.31 Å². The van der Waals surface area contributed by atoms with Gasteiger partial charge in [0.1, 0.15) is 11.3 Å². The molecular formula is C27H29ClN4O4S2. The van der Waals surface area contributed by atoms with Gasteiger partial charge >= 0.3 is 0 Å². The number of carbonyl (C=O) groups is 1. The predicted molar refractivity (Wildman–Crippen MR) is 153 cm³/mol. The SMILES string of the molecule is COc1ccc(Cl)c2sc(N(CCN(C)C)C(=O)c3ccc(S(=O)(=O)N(C)Cc4ccccc4)cc3)nc12. The number of fused-ring (bicyclic) bond motifs is 1. The fourth-order valence-corrected chi connectivity index (χ4v) is 6.28. The summed E-state index contributed by atoms with van der Waals surface area (Å²) in [6, 6.07) is 18.9. The van der Waals surface area contributed by atoms with Crippen molar-refractivity contribution < 1.29 is 17.9 Å². The lowest BCUT2D eigenvalue weighted by atomic mass is 10.2. The third kappa shape index (κ3) is 6.00. The Morgan fingerprint density at radius 3 is 2.29 bits per heavy atom. The lowest BCUT2D eigenvalue weighted by molar-refractivity contribution is 0.0985. The number of likely N-dealkylation sites (N-methyl/N-ethyl adjacent to an activating group) is 1. The molecule has 4 aromatic rings. The summed E-state index contributed by atoms with van der Waals surface area (Å²) in [5.74, 6) is 0.281. The van der Waals surface area contributed by atoms with Crippen molar-refractivity contribution in [1.82, 2.24) is 14.2 Å². The summed E-state index contributed by atoms with van der Waals surface area (Å²) in [6.07, 6.45) is 0. The number of aromatic nitrogens is 1. The van der Waals surface area contributed by atoms with Crippen molar-refractivity contribution in [3.63, 3.8) is 0 Å². The smallest absolute Gasteiger partial charge is 0.260 e. The number of carbonyl (C=O) groups excluding carboxylic acids is 1. The molecule has 0 unspecified atom stereocenters. The summed E-state index contributed by atoms with van der Waals surface area (Å²) in [6.45, 7) is 1.22. The molecule has 0 fully saturated rings. The van der Waals surface area contributed by atoms with E-state index in [-0.39, 0.29) is 17.3 Å². The number of halogens is 1. The maximum absolute atomic E-state index is 13.7. The Kier molecular flexibility index (Phi) is 8.69. The number of rotatable bonds is 10. The Morgan fingerprint density at radius 2 is 1.66 bits per heavy atom. The van der Waals surface area contributed by atoms with Crippen LogP contribution in [0.5, 0.6) is 5.75 Å². The van der Waals surface area contributed by atoms with Gasteiger partial charge < -0.3 is 9.64 Å². The number of amides is 1. The molecule has 0 aliphatic heterocycles. The Bertz CT molecular complexity index is 1520. The second-order valence-electron chi connectivity index (χ2n) is 8.95. The fraction of sp³-hybridized carbons (Fsp3) is 0.259. The molecule has 0 atom stereocenters. The third-order valence-electron chi connectivity index (χ3n) is 5.97. The van der Waals surface area contributed by atoms with Crippen LogP contribution in [0.4, 0.5) is 5.13 Å². The minimum atomic E-state index is -3.74. The molecule has 8 nitrogen and oxygen atoms in total. The number of ether oxygens (including phenoxy) is 1. The lowest BCUT2D eigenvalue weighted by Crippen LogP contribution is -2.36. The molecule has 0 N–H and O–H groups in total. The van der Waals surface area contributed by atoms with Crippen molar-refractivity contribution >= 4 is 54.2 Å². The maximum Gasteiger partial charge on any atom is 0.260 e. The van der Waals surface area contributed by atoms with Crippen LogP contribution in [0.3, 0.4) is 0 Å². The average Bonchev–Trinajstić information content (AvgIpc) is 3.35. The van der Waals surface area contributed by atoms with Crippen LogP contribution >= 0.6 is 22.9 Å². The van der Waals surface area contributed by atoms with Gasteiger partial charge in [0.25, 0.3) is 5.91 Å². The van der Waals surface area contributed by atoms with Crippen LogP contribution in [0.1, 0.15) is 15.9 Å². The van der Waals surface area contributed by atoms with E-state index in [4.69, 9.17) is 16.3 Å². The van der Waals surface area contributed by atoms with Crippen molar-refractivity contribution in [1.29, 1.82) is 0 Å². The highest BCUT2D eigenvalue weighted by Crippen LogP contribution is 2.39. The number of anilines is 1. The van der Waals surface area contributed by atoms with Crippen molar-refractivity contribution in [2.45, 2.75) is 11.4 Å². The van der Waals surface area contributed by atoms with Crippen molar-refractivity contribution in [3.8, 4) is 5.75 Å². The molecule has 4 rings (SSSR count). The van der Waals surface area contributed by atoms with Crippen molar-refractivity contribution in [2.24, 2.45) is 0 Å². The lowest BCUT2D eigenvalue weighted by Gasteiger charge is -2.22. The third-order valence-corrected chi connectivity index (χ3v) is 9.33. The van der Waals surface area contributed by atoms with Gasteiger partial charge in [0.05, 0.1) is 21.7 Å². The fourth-order valence-electron chi connectivity index (χ4n) is 3.84. The molecule has 1 amide bonds. The van der Waals surface area contributed by atoms with E-state index in [1.165, 1.54) is 47.0 Å². The number of methoxy groups -OCH3 is 1. The van der Waals surface area contributed by atoms with Gasteiger partial charge in [-0.15, -0.1) is 0 Å². The molecule has 0 bridgehead atoms. The van der Waals surface area contributed by atoms with Crippen LogP contribution in [0.15, 0.2) is 71.6 Å². The van der Waals surface area contributed by atoms with E-state index < -0.39 is 10.0 Å². The quantitative estimate of drug-likeness (QED) is 0.266. The molecule has 0 saturated carbocycles. The summed E-state index contributed by atoms with van der Waals surface area (Å²) in [4.78, 5) is 22.0. The minimum Gasteiger partial charge on any atom is -0.494 e. The zero-order valence-electron chi connectivity index (χ0n) is 21.6. The molecule has 1 heterocycles. The van der Waals surface area contributed by atoms with E-state index in [1.54, 1.807) is 24.1 Å². The molecule has 0 saturated heterocycles. The molecule has 0 radical (unpaired) electrons. The van der Waals surface area contributed by atoms with E-state index in [0.717, 1.165) is 10.3 Å². The molecule has 200 valence electrons. The van der Waals surface area contributed by atoms with Crippen molar-refractivity contribution in [3.05, 3.63) is 82.9 Å². The second-order valence-corrected chi connectivity index (χ2v) is 12.4. The number of sulfonamides is 1. The minimum absolute atomic E-state index is 0.115. The van der Waals surface area contributed by atoms with Crippen LogP contribution in [0.25, 0.3) is 10.2 Å². The van der Waals surface area contributed by atoms with Crippen LogP contribution in [-0.2, 0) is 16.6 Å². The van der Waals surface area contributed by atoms with E-state index in [0.29, 0.717) is 40.1 Å². The topological polar surface area (TPSA) is 83.0 Å². The van der Waals surface area contributed by atoms with Gasteiger partial charge in [-0.1, -0.05) is 53.3 Å². The van der Waals surface area contributed by atoms with Gasteiger partial charge in [-0.25, -0.2) is 13.4 Å². The zero-order valence-corrected chi connectivity index (χ0v) is 24.0. The zero-order chi connectivity index (χ0) is 27.4. The molecule has 38 heavy (non-hydrogen) atoms. The standard InChI is InChI=1S/C27H29ClN4O4S2/c1-30(2)16-17-32(27-29-24-23(36-4)15-14-22(28)25(24)37-27)26(33)20-10-12-21(13-11-20)38(34,35)31(3)18-19-8-6-5-7-9-19/h5-15H,16-18H2,1-4H3. The number of hydrogen-bond donors (Lipinski definition) is 0. The Hall–Kier alpha value is -3.02. The number of benzene rings is 3. The van der Waals surface area contributed by atoms with Gasteiger partial charge in [-0.3, -0.25) is 9.69 Å². The van der Waals surface area contributed by atoms with Gasteiger partial charge in [0.15, 0.2) is 5.13 Å². The predicted octanol–water partition coefficient (Wildman–Crippen LogP) is 4.99. The van der Waals surface area contributed by atoms with Gasteiger partial charge in [0, 0.05) is 32.2 Å². The summed E-state index contributed by atoms with van der Waals surface area (Å²) in [5.41, 5.74) is 1.82. The molecule has 3 aromatic carbocycles. The largest absolute Gasteiger partial charge is 0.494 e. The van der Waals surface area contributed by atoms with Crippen LogP contribution in [0, 0.1) is 0 Å². The Morgan fingerprint density at radius 1 is 0.974 bits per heavy atom. The highest BCUT2D eigenvalue weighted by atomic mass is 35.5. The molecule has 11 heteroatoms. The molecule has 1 aromatic heterocycles. The maximum atomic E-state index is 13.7. The highest BCUT2D eigenvalue weighted by Gasteiger charge is 2.25. The first-order valence-electron chi connectivity index (χ1n) is 11.8. The van der Waals surface area contributed by atoms with E-state index >= 15 is 0 Å². The normalized spacial score (nSPS) is 11.9. The van der Waals surface area contributed by atoms with E-state index in [1.807, 2.05) is 49.3 Å². The average molecular weight is 573 g/mol. The van der Waals surface area contributed by atoms with E-state index in [2.05, 4.69) is 4.98 Å². The Balaban J connectivity index is 1.62. The number of thiazole rings is 1. The summed E-state index contributed by atoms with van der Waals surface area (Å²) < 4.78 is 33.7. The van der Waals surface area contributed by atoms with Crippen LogP contribution < -0.4 is 9.64 Å². The van der Waals surface area contributed by atoms with Gasteiger partial charge in [0.2, 0.25) is 10.0 Å². The van der Waals surface area contributed by atoms with E-state index in [9.17, 15) is 13.2 Å². The summed E-state index contributed by atoms with van der Waals surface area (Å²) in [5, 5.41) is 1.01. The molecular weight excluding hydrogens is 544 g/mol. The summed E-state index contributed by atoms with van der Waals surface area (Å²) >= 11 is 7.72. The first kappa shape index (κ1) is 28.0. The number of hydrogen-bond acceptors (Lipinski definition) is 7. The van der Waals surface area contributed by atoms with Gasteiger partial charge in [-0.05, 0) is 56.1 Å². The molecule has 0 aliphatic rings. The Labute approximate surface area is 232 Å². The van der Waals surface area contributed by atoms with Crippen LogP contribution in [-0.4, -0.2) is 69.9 Å². The summed E-state index contributed by atoms with van der Waals surface area (Å²) in [7, 11) is 3.20. The second kappa shape index (κ2) is 11.8. The number of nitrogens with zero attached hydrogens (tertiary/aromatic N) is 4. The first-order chi connectivity index (χ1) is 18.1.